The lowest BCUT2D eigenvalue weighted by atomic mass is 10.1. The Bertz CT molecular complexity index is 461. The van der Waals surface area contributed by atoms with Crippen LogP contribution in [0.5, 0.6) is 0 Å². The van der Waals surface area contributed by atoms with Crippen molar-refractivity contribution in [1.29, 1.82) is 0 Å². The van der Waals surface area contributed by atoms with Crippen LogP contribution in [0.25, 0.3) is 0 Å². The lowest BCUT2D eigenvalue weighted by Crippen LogP contribution is -2.41. The summed E-state index contributed by atoms with van der Waals surface area (Å²) in [4.78, 5) is 11.7. The predicted molar refractivity (Wildman–Crippen MR) is 68.4 cm³/mol. The Labute approximate surface area is 111 Å². The van der Waals surface area contributed by atoms with Crippen molar-refractivity contribution in [2.75, 3.05) is 6.54 Å². The van der Waals surface area contributed by atoms with Gasteiger partial charge in [0.1, 0.15) is 11.6 Å². The van der Waals surface area contributed by atoms with Crippen molar-refractivity contribution >= 4 is 5.91 Å². The molecule has 1 amide bonds. The van der Waals surface area contributed by atoms with Crippen LogP contribution in [0, 0.1) is 17.6 Å². The molecule has 19 heavy (non-hydrogen) atoms. The van der Waals surface area contributed by atoms with E-state index in [1.54, 1.807) is 0 Å². The third kappa shape index (κ3) is 3.99. The molecular weight excluding hydrogens is 250 g/mol. The second kappa shape index (κ2) is 6.10. The standard InChI is InChI=1S/C14H18F2N2O/c15-11-4-5-12(16)10(7-11)3-6-14(19)18-13(8-17)9-1-2-9/h4-5,7,9,13H,1-3,6,8,17H2,(H,18,19). The molecule has 104 valence electrons. The molecule has 1 aliphatic rings. The molecule has 3 N–H and O–H groups in total. The van der Waals surface area contributed by atoms with Crippen LogP contribution in [-0.2, 0) is 11.2 Å². The summed E-state index contributed by atoms with van der Waals surface area (Å²) < 4.78 is 26.3. The molecule has 3 nitrogen and oxygen atoms in total. The van der Waals surface area contributed by atoms with Crippen LogP contribution in [0.1, 0.15) is 24.8 Å². The topological polar surface area (TPSA) is 55.1 Å². The first-order chi connectivity index (χ1) is 9.10. The Kier molecular flexibility index (Phi) is 4.47. The maximum absolute atomic E-state index is 13.4. The molecule has 0 radical (unpaired) electrons. The zero-order chi connectivity index (χ0) is 13.8. The number of hydrogen-bond donors (Lipinski definition) is 2. The number of carbonyl (C=O) groups is 1. The third-order valence-electron chi connectivity index (χ3n) is 3.42. The van der Waals surface area contributed by atoms with Crippen LogP contribution < -0.4 is 11.1 Å². The van der Waals surface area contributed by atoms with Crippen LogP contribution in [0.2, 0.25) is 0 Å². The van der Waals surface area contributed by atoms with E-state index in [0.29, 0.717) is 12.5 Å². The Morgan fingerprint density at radius 1 is 1.42 bits per heavy atom. The molecule has 0 saturated heterocycles. The first-order valence-corrected chi connectivity index (χ1v) is 6.53. The largest absolute Gasteiger partial charge is 0.352 e. The van der Waals surface area contributed by atoms with E-state index in [0.717, 1.165) is 31.0 Å². The Balaban J connectivity index is 1.84. The van der Waals surface area contributed by atoms with Crippen molar-refractivity contribution in [3.05, 3.63) is 35.4 Å². The van der Waals surface area contributed by atoms with E-state index in [9.17, 15) is 13.6 Å². The van der Waals surface area contributed by atoms with Gasteiger partial charge in [-0.05, 0) is 48.9 Å². The highest BCUT2D eigenvalue weighted by molar-refractivity contribution is 5.76. The summed E-state index contributed by atoms with van der Waals surface area (Å²) in [6.45, 7) is 0.421. The van der Waals surface area contributed by atoms with Gasteiger partial charge in [-0.1, -0.05) is 0 Å². The molecule has 0 heterocycles. The van der Waals surface area contributed by atoms with Crippen LogP contribution in [0.15, 0.2) is 18.2 Å². The van der Waals surface area contributed by atoms with Gasteiger partial charge in [-0.25, -0.2) is 8.78 Å². The molecule has 0 spiro atoms. The van der Waals surface area contributed by atoms with Gasteiger partial charge in [-0.3, -0.25) is 4.79 Å². The number of aryl methyl sites for hydroxylation is 1. The minimum absolute atomic E-state index is 0.0184. The summed E-state index contributed by atoms with van der Waals surface area (Å²) in [6.07, 6.45) is 2.53. The SMILES string of the molecule is NCC(NC(=O)CCc1cc(F)ccc1F)C1CC1. The van der Waals surface area contributed by atoms with Gasteiger partial charge in [0.15, 0.2) is 0 Å². The second-order valence-corrected chi connectivity index (χ2v) is 4.98. The molecule has 0 bridgehead atoms. The molecule has 1 unspecified atom stereocenters. The lowest BCUT2D eigenvalue weighted by molar-refractivity contribution is -0.121. The third-order valence-corrected chi connectivity index (χ3v) is 3.42. The molecule has 5 heteroatoms. The molecule has 2 rings (SSSR count). The molecule has 1 aliphatic carbocycles. The van der Waals surface area contributed by atoms with E-state index in [1.807, 2.05) is 0 Å². The Morgan fingerprint density at radius 3 is 2.79 bits per heavy atom. The molecule has 1 atom stereocenters. The smallest absolute Gasteiger partial charge is 0.220 e. The summed E-state index contributed by atoms with van der Waals surface area (Å²) in [5.74, 6) is -0.646. The van der Waals surface area contributed by atoms with Crippen molar-refractivity contribution in [2.24, 2.45) is 11.7 Å². The summed E-state index contributed by atoms with van der Waals surface area (Å²) in [5, 5.41) is 2.85. The lowest BCUT2D eigenvalue weighted by Gasteiger charge is -2.15. The van der Waals surface area contributed by atoms with Crippen LogP contribution in [0.4, 0.5) is 8.78 Å². The maximum Gasteiger partial charge on any atom is 0.220 e. The van der Waals surface area contributed by atoms with Gasteiger partial charge in [0, 0.05) is 19.0 Å². The fraction of sp³-hybridized carbons (Fsp3) is 0.500. The number of hydrogen-bond acceptors (Lipinski definition) is 2. The average Bonchev–Trinajstić information content (AvgIpc) is 3.21. The van der Waals surface area contributed by atoms with Crippen molar-refractivity contribution in [1.82, 2.24) is 5.32 Å². The van der Waals surface area contributed by atoms with E-state index in [2.05, 4.69) is 5.32 Å². The fourth-order valence-electron chi connectivity index (χ4n) is 2.13. The van der Waals surface area contributed by atoms with Gasteiger partial charge in [-0.15, -0.1) is 0 Å². The van der Waals surface area contributed by atoms with E-state index >= 15 is 0 Å². The highest BCUT2D eigenvalue weighted by Crippen LogP contribution is 2.32. The van der Waals surface area contributed by atoms with Gasteiger partial charge in [0.2, 0.25) is 5.91 Å². The Morgan fingerprint density at radius 2 is 2.16 bits per heavy atom. The van der Waals surface area contributed by atoms with Crippen molar-refractivity contribution in [3.8, 4) is 0 Å². The number of rotatable bonds is 6. The summed E-state index contributed by atoms with van der Waals surface area (Å²) >= 11 is 0. The first-order valence-electron chi connectivity index (χ1n) is 6.53. The molecule has 1 saturated carbocycles. The number of amides is 1. The van der Waals surface area contributed by atoms with Gasteiger partial charge in [-0.2, -0.15) is 0 Å². The van der Waals surface area contributed by atoms with Gasteiger partial charge < -0.3 is 11.1 Å². The van der Waals surface area contributed by atoms with Crippen molar-refractivity contribution in [2.45, 2.75) is 31.7 Å². The summed E-state index contributed by atoms with van der Waals surface area (Å²) in [5.41, 5.74) is 5.82. The number of nitrogens with two attached hydrogens (primary N) is 1. The van der Waals surface area contributed by atoms with Crippen LogP contribution in [0.3, 0.4) is 0 Å². The average molecular weight is 268 g/mol. The number of nitrogens with one attached hydrogen (secondary N) is 1. The summed E-state index contributed by atoms with van der Waals surface area (Å²) in [6, 6.07) is 3.29. The fourth-order valence-corrected chi connectivity index (χ4v) is 2.13. The highest BCUT2D eigenvalue weighted by Gasteiger charge is 2.31. The zero-order valence-electron chi connectivity index (χ0n) is 10.7. The van der Waals surface area contributed by atoms with E-state index in [1.165, 1.54) is 0 Å². The molecule has 0 aromatic heterocycles. The normalized spacial score (nSPS) is 16.2. The van der Waals surface area contributed by atoms with Crippen LogP contribution >= 0.6 is 0 Å². The molecular formula is C14H18F2N2O. The quantitative estimate of drug-likeness (QED) is 0.826. The van der Waals surface area contributed by atoms with E-state index in [4.69, 9.17) is 5.73 Å². The van der Waals surface area contributed by atoms with E-state index in [-0.39, 0.29) is 30.4 Å². The second-order valence-electron chi connectivity index (χ2n) is 4.98. The van der Waals surface area contributed by atoms with Crippen molar-refractivity contribution in [3.63, 3.8) is 0 Å². The van der Waals surface area contributed by atoms with E-state index < -0.39 is 11.6 Å². The highest BCUT2D eigenvalue weighted by atomic mass is 19.1. The van der Waals surface area contributed by atoms with Crippen LogP contribution in [-0.4, -0.2) is 18.5 Å². The van der Waals surface area contributed by atoms with Gasteiger partial charge in [0.05, 0.1) is 0 Å². The van der Waals surface area contributed by atoms with Crippen molar-refractivity contribution < 1.29 is 13.6 Å². The minimum atomic E-state index is -0.491. The van der Waals surface area contributed by atoms with Gasteiger partial charge >= 0.3 is 0 Å². The monoisotopic (exact) mass is 268 g/mol. The zero-order valence-corrected chi connectivity index (χ0v) is 10.7. The molecule has 0 aliphatic heterocycles. The molecule has 1 fully saturated rings. The number of halogens is 2. The molecule has 1 aromatic rings. The first kappa shape index (κ1) is 13.9. The predicted octanol–water partition coefficient (Wildman–Crippen LogP) is 1.75. The minimum Gasteiger partial charge on any atom is -0.352 e. The Hall–Kier alpha value is -1.49. The number of benzene rings is 1. The maximum atomic E-state index is 13.4. The summed E-state index contributed by atoms with van der Waals surface area (Å²) in [7, 11) is 0. The number of carbonyl (C=O) groups excluding carboxylic acids is 1. The molecule has 1 aromatic carbocycles. The van der Waals surface area contributed by atoms with Gasteiger partial charge in [0.25, 0.3) is 0 Å².